The van der Waals surface area contributed by atoms with E-state index < -0.39 is 30.4 Å². The van der Waals surface area contributed by atoms with Crippen molar-refractivity contribution in [2.75, 3.05) is 26.1 Å². The van der Waals surface area contributed by atoms with E-state index in [9.17, 15) is 19.2 Å². The Labute approximate surface area is 300 Å². The standard InChI is InChI=1S/C38H36ClN3O7S/c1-5-8-19-28(6-2)42-37(46)29(20-25-21-30(39)35(31(22-25)48-7-3)49-23-33(44)47-4)36(45)41-38(42)50-24-32(43)40-34(26-15-11-9-12-16-26)27-17-13-10-14-18-27/h5-6,8-22,34H,1,7,23-24H2,2-4H3,(H,40,43)/b19-8-,28-6+,29-20+. The van der Waals surface area contributed by atoms with Gasteiger partial charge in [0.2, 0.25) is 5.91 Å². The second-order valence-corrected chi connectivity index (χ2v) is 11.8. The Bertz CT molecular complexity index is 1820. The van der Waals surface area contributed by atoms with Gasteiger partial charge in [-0.1, -0.05) is 109 Å². The zero-order chi connectivity index (χ0) is 36.0. The molecule has 0 aromatic heterocycles. The minimum Gasteiger partial charge on any atom is -0.490 e. The Balaban J connectivity index is 1.65. The molecule has 3 aromatic carbocycles. The Morgan fingerprint density at radius 1 is 1.04 bits per heavy atom. The lowest BCUT2D eigenvalue weighted by atomic mass is 9.99. The van der Waals surface area contributed by atoms with E-state index in [1.807, 2.05) is 60.7 Å². The van der Waals surface area contributed by atoms with Crippen LogP contribution in [0.3, 0.4) is 0 Å². The van der Waals surface area contributed by atoms with Crippen molar-refractivity contribution in [2.24, 2.45) is 4.99 Å². The molecule has 1 N–H and O–H groups in total. The van der Waals surface area contributed by atoms with Crippen LogP contribution in [0.2, 0.25) is 5.02 Å². The number of carbonyl (C=O) groups excluding carboxylic acids is 4. The summed E-state index contributed by atoms with van der Waals surface area (Å²) in [6.45, 7) is 7.03. The van der Waals surface area contributed by atoms with Gasteiger partial charge in [-0.2, -0.15) is 4.99 Å². The molecule has 0 unspecified atom stereocenters. The molecule has 0 radical (unpaired) electrons. The first-order valence-corrected chi connectivity index (χ1v) is 16.9. The fourth-order valence-corrected chi connectivity index (χ4v) is 5.91. The third-order valence-electron chi connectivity index (χ3n) is 7.12. The Hall–Kier alpha value is -5.39. The number of nitrogens with one attached hydrogen (secondary N) is 1. The van der Waals surface area contributed by atoms with E-state index in [4.69, 9.17) is 21.1 Å². The van der Waals surface area contributed by atoms with E-state index in [-0.39, 0.29) is 45.5 Å². The van der Waals surface area contributed by atoms with Gasteiger partial charge in [-0.3, -0.25) is 19.3 Å². The normalized spacial score (nSPS) is 14.2. The molecule has 3 aromatic rings. The van der Waals surface area contributed by atoms with Crippen molar-refractivity contribution >= 4 is 58.3 Å². The number of benzene rings is 3. The van der Waals surface area contributed by atoms with E-state index in [2.05, 4.69) is 21.6 Å². The highest BCUT2D eigenvalue weighted by atomic mass is 35.5. The lowest BCUT2D eigenvalue weighted by molar-refractivity contribution is -0.143. The highest BCUT2D eigenvalue weighted by Crippen LogP contribution is 2.38. The van der Waals surface area contributed by atoms with Gasteiger partial charge < -0.3 is 19.5 Å². The van der Waals surface area contributed by atoms with Crippen LogP contribution in [0.1, 0.15) is 36.6 Å². The maximum Gasteiger partial charge on any atom is 0.343 e. The summed E-state index contributed by atoms with van der Waals surface area (Å²) in [5.74, 6) is -2.24. The van der Waals surface area contributed by atoms with Crippen LogP contribution in [0.4, 0.5) is 0 Å². The van der Waals surface area contributed by atoms with Crippen LogP contribution in [-0.2, 0) is 23.9 Å². The number of rotatable bonds is 14. The molecule has 1 aliphatic heterocycles. The maximum atomic E-state index is 14.1. The van der Waals surface area contributed by atoms with E-state index in [0.717, 1.165) is 22.9 Å². The monoisotopic (exact) mass is 713 g/mol. The summed E-state index contributed by atoms with van der Waals surface area (Å²) in [6, 6.07) is 21.7. The number of amides is 3. The van der Waals surface area contributed by atoms with Crippen LogP contribution in [0, 0.1) is 0 Å². The van der Waals surface area contributed by atoms with Gasteiger partial charge in [-0.05, 0) is 54.8 Å². The number of ether oxygens (including phenoxy) is 3. The van der Waals surface area contributed by atoms with Crippen LogP contribution >= 0.6 is 23.4 Å². The maximum absolute atomic E-state index is 14.1. The molecule has 1 heterocycles. The molecule has 0 aliphatic carbocycles. The molecule has 12 heteroatoms. The quantitative estimate of drug-likeness (QED) is 0.0850. The largest absolute Gasteiger partial charge is 0.490 e. The zero-order valence-corrected chi connectivity index (χ0v) is 29.3. The van der Waals surface area contributed by atoms with Gasteiger partial charge in [0.25, 0.3) is 11.8 Å². The SMILES string of the molecule is C=C/C=C\C(=C/C)N1C(=O)/C(=C/c2cc(Cl)c(OCC(=O)OC)c(OCC)c2)C(=O)N=C1SCC(=O)NC(c1ccccc1)c1ccccc1. The van der Waals surface area contributed by atoms with E-state index in [0.29, 0.717) is 11.3 Å². The van der Waals surface area contributed by atoms with Crippen LogP contribution in [0.15, 0.2) is 120 Å². The molecule has 10 nitrogen and oxygen atoms in total. The topological polar surface area (TPSA) is 124 Å². The van der Waals surface area contributed by atoms with Crippen molar-refractivity contribution in [1.29, 1.82) is 0 Å². The van der Waals surface area contributed by atoms with Gasteiger partial charge in [0, 0.05) is 5.70 Å². The number of esters is 1. The number of aliphatic imine (C=N–C) groups is 1. The van der Waals surface area contributed by atoms with Gasteiger partial charge in [0.15, 0.2) is 23.3 Å². The smallest absolute Gasteiger partial charge is 0.343 e. The lowest BCUT2D eigenvalue weighted by Gasteiger charge is -2.28. The van der Waals surface area contributed by atoms with Crippen LogP contribution in [0.5, 0.6) is 11.5 Å². The summed E-state index contributed by atoms with van der Waals surface area (Å²) >= 11 is 7.45. The molecular formula is C38H36ClN3O7S. The van der Waals surface area contributed by atoms with Crippen LogP contribution < -0.4 is 14.8 Å². The molecule has 0 saturated heterocycles. The molecule has 0 spiro atoms. The fraction of sp³-hybridized carbons (Fsp3) is 0.184. The molecule has 0 atom stereocenters. The molecule has 0 saturated carbocycles. The third-order valence-corrected chi connectivity index (χ3v) is 8.34. The van der Waals surface area contributed by atoms with Gasteiger partial charge >= 0.3 is 5.97 Å². The molecular weight excluding hydrogens is 678 g/mol. The molecule has 0 fully saturated rings. The first-order chi connectivity index (χ1) is 24.2. The number of halogens is 1. The number of amidine groups is 1. The number of allylic oxidation sites excluding steroid dienone is 4. The molecule has 4 rings (SSSR count). The Morgan fingerprint density at radius 2 is 1.70 bits per heavy atom. The highest BCUT2D eigenvalue weighted by Gasteiger charge is 2.35. The van der Waals surface area contributed by atoms with Gasteiger partial charge in [0.05, 0.1) is 30.5 Å². The minimum absolute atomic E-state index is 0.0321. The van der Waals surface area contributed by atoms with E-state index >= 15 is 0 Å². The second-order valence-electron chi connectivity index (χ2n) is 10.4. The van der Waals surface area contributed by atoms with Crippen molar-refractivity contribution in [3.05, 3.63) is 137 Å². The average Bonchev–Trinajstić information content (AvgIpc) is 3.12. The molecule has 3 amide bonds. The van der Waals surface area contributed by atoms with Crippen molar-refractivity contribution in [1.82, 2.24) is 10.2 Å². The summed E-state index contributed by atoms with van der Waals surface area (Å²) in [6.07, 6.45) is 7.86. The average molecular weight is 714 g/mol. The summed E-state index contributed by atoms with van der Waals surface area (Å²) in [7, 11) is 1.23. The van der Waals surface area contributed by atoms with E-state index in [1.165, 1.54) is 30.2 Å². The zero-order valence-electron chi connectivity index (χ0n) is 27.8. The second kappa shape index (κ2) is 18.4. The van der Waals surface area contributed by atoms with Crippen molar-refractivity contribution in [3.63, 3.8) is 0 Å². The summed E-state index contributed by atoms with van der Waals surface area (Å²) in [4.78, 5) is 58.1. The molecule has 1 aliphatic rings. The van der Waals surface area contributed by atoms with Gasteiger partial charge in [-0.15, -0.1) is 0 Å². The van der Waals surface area contributed by atoms with Crippen LogP contribution in [0.25, 0.3) is 6.08 Å². The summed E-state index contributed by atoms with van der Waals surface area (Å²) in [5, 5.41) is 3.19. The number of thioether (sulfide) groups is 1. The van der Waals surface area contributed by atoms with Crippen molar-refractivity contribution < 1.29 is 33.4 Å². The number of nitrogens with zero attached hydrogens (tertiary/aromatic N) is 2. The summed E-state index contributed by atoms with van der Waals surface area (Å²) in [5.41, 5.74) is 2.30. The fourth-order valence-electron chi connectivity index (χ4n) is 4.82. The Morgan fingerprint density at radius 3 is 2.28 bits per heavy atom. The molecule has 258 valence electrons. The first kappa shape index (κ1) is 37.4. The van der Waals surface area contributed by atoms with E-state index in [1.54, 1.807) is 38.2 Å². The molecule has 50 heavy (non-hydrogen) atoms. The number of hydrogen-bond donors (Lipinski definition) is 1. The van der Waals surface area contributed by atoms with Crippen molar-refractivity contribution in [2.45, 2.75) is 19.9 Å². The minimum atomic E-state index is -0.802. The number of methoxy groups -OCH3 is 1. The number of carbonyl (C=O) groups is 4. The lowest BCUT2D eigenvalue weighted by Crippen LogP contribution is -2.42. The Kier molecular flexibility index (Phi) is 13.8. The predicted octanol–water partition coefficient (Wildman–Crippen LogP) is 6.68. The van der Waals surface area contributed by atoms with Crippen LogP contribution in [-0.4, -0.2) is 59.8 Å². The third kappa shape index (κ3) is 9.61. The summed E-state index contributed by atoms with van der Waals surface area (Å²) < 4.78 is 15.8. The predicted molar refractivity (Wildman–Crippen MR) is 196 cm³/mol. The highest BCUT2D eigenvalue weighted by molar-refractivity contribution is 8.14. The number of hydrogen-bond acceptors (Lipinski definition) is 8. The first-order valence-electron chi connectivity index (χ1n) is 15.5. The van der Waals surface area contributed by atoms with Gasteiger partial charge in [0.1, 0.15) is 5.57 Å². The molecule has 0 bridgehead atoms. The van der Waals surface area contributed by atoms with Gasteiger partial charge in [-0.25, -0.2) is 4.79 Å². The van der Waals surface area contributed by atoms with Crippen molar-refractivity contribution in [3.8, 4) is 11.5 Å².